The Bertz CT molecular complexity index is 384. The van der Waals surface area contributed by atoms with Crippen LogP contribution in [-0.4, -0.2) is 37.2 Å². The van der Waals surface area contributed by atoms with Crippen molar-refractivity contribution in [3.8, 4) is 0 Å². The van der Waals surface area contributed by atoms with E-state index in [1.165, 1.54) is 6.42 Å². The molecule has 4 nitrogen and oxygen atoms in total. The molecule has 4 bridgehead atoms. The second kappa shape index (κ2) is 3.04. The van der Waals surface area contributed by atoms with E-state index in [0.29, 0.717) is 5.92 Å². The van der Waals surface area contributed by atoms with Crippen LogP contribution in [0.4, 0.5) is 0 Å². The number of carbonyl (C=O) groups is 1. The largest absolute Gasteiger partial charge is 0.364 e. The fourth-order valence-corrected chi connectivity index (χ4v) is 4.55. The molecule has 0 radical (unpaired) electrons. The van der Waals surface area contributed by atoms with Gasteiger partial charge in [0.05, 0.1) is 6.61 Å². The SMILES string of the molecule is CN(C)NC(=O)[C@@]12C[C@H]3CC[C@@]1(C)[C@@]3(C)CO2. The van der Waals surface area contributed by atoms with Crippen LogP contribution in [0.25, 0.3) is 0 Å². The van der Waals surface area contributed by atoms with Gasteiger partial charge in [0.1, 0.15) is 0 Å². The first-order chi connectivity index (χ1) is 7.86. The zero-order valence-corrected chi connectivity index (χ0v) is 11.2. The van der Waals surface area contributed by atoms with Crippen LogP contribution < -0.4 is 5.43 Å². The first kappa shape index (κ1) is 11.5. The third-order valence-electron chi connectivity index (χ3n) is 5.89. The van der Waals surface area contributed by atoms with Gasteiger partial charge >= 0.3 is 0 Å². The average Bonchev–Trinajstić information content (AvgIpc) is 2.70. The molecule has 1 aliphatic heterocycles. The third kappa shape index (κ3) is 1.04. The van der Waals surface area contributed by atoms with Crippen molar-refractivity contribution in [2.45, 2.75) is 38.7 Å². The second-order valence-electron chi connectivity index (χ2n) is 6.64. The first-order valence-electron chi connectivity index (χ1n) is 6.48. The highest BCUT2D eigenvalue weighted by Gasteiger charge is 2.78. The molecule has 0 aromatic carbocycles. The fraction of sp³-hybridized carbons (Fsp3) is 0.923. The van der Waals surface area contributed by atoms with Gasteiger partial charge in [-0.3, -0.25) is 10.2 Å². The summed E-state index contributed by atoms with van der Waals surface area (Å²) in [6.07, 6.45) is 3.28. The van der Waals surface area contributed by atoms with Crippen LogP contribution in [0.2, 0.25) is 0 Å². The molecule has 3 fully saturated rings. The molecule has 96 valence electrons. The minimum absolute atomic E-state index is 0.0186. The lowest BCUT2D eigenvalue weighted by atomic mass is 9.66. The molecule has 0 spiro atoms. The van der Waals surface area contributed by atoms with Crippen molar-refractivity contribution < 1.29 is 9.53 Å². The van der Waals surface area contributed by atoms with E-state index in [-0.39, 0.29) is 16.7 Å². The Morgan fingerprint density at radius 2 is 2.12 bits per heavy atom. The van der Waals surface area contributed by atoms with E-state index in [1.807, 2.05) is 14.1 Å². The number of nitrogens with zero attached hydrogens (tertiary/aromatic N) is 1. The topological polar surface area (TPSA) is 41.6 Å². The van der Waals surface area contributed by atoms with Crippen molar-refractivity contribution >= 4 is 5.91 Å². The highest BCUT2D eigenvalue weighted by Crippen LogP contribution is 2.74. The standard InChI is InChI=1S/C13H22N2O2/c1-11-8-17-13(10(16)14-15(3)4)7-9(11)5-6-12(11,13)2/h9H,5-8H2,1-4H3,(H,14,16)/t9-,11+,12+,13+/m1/s1. The molecule has 3 aliphatic rings. The molecule has 0 aromatic rings. The molecule has 4 heteroatoms. The lowest BCUT2D eigenvalue weighted by Crippen LogP contribution is -2.57. The number of nitrogens with one attached hydrogen (secondary N) is 1. The van der Waals surface area contributed by atoms with Crippen molar-refractivity contribution in [1.82, 2.24) is 10.4 Å². The van der Waals surface area contributed by atoms with Gasteiger partial charge < -0.3 is 4.74 Å². The molecule has 0 aromatic heterocycles. The molecule has 17 heavy (non-hydrogen) atoms. The quantitative estimate of drug-likeness (QED) is 0.734. The summed E-state index contributed by atoms with van der Waals surface area (Å²) in [7, 11) is 3.69. The maximum atomic E-state index is 12.5. The number of carbonyl (C=O) groups excluding carboxylic acids is 1. The molecule has 2 saturated carbocycles. The van der Waals surface area contributed by atoms with E-state index < -0.39 is 5.60 Å². The first-order valence-corrected chi connectivity index (χ1v) is 6.48. The molecule has 1 heterocycles. The van der Waals surface area contributed by atoms with E-state index in [9.17, 15) is 4.79 Å². The fourth-order valence-electron chi connectivity index (χ4n) is 4.55. The molecule has 0 unspecified atom stereocenters. The Labute approximate surface area is 103 Å². The van der Waals surface area contributed by atoms with Crippen LogP contribution in [0.15, 0.2) is 0 Å². The highest BCUT2D eigenvalue weighted by molar-refractivity contribution is 5.87. The summed E-state index contributed by atoms with van der Waals surface area (Å²) >= 11 is 0. The van der Waals surface area contributed by atoms with Crippen molar-refractivity contribution in [3.63, 3.8) is 0 Å². The zero-order chi connectivity index (χ0) is 12.5. The van der Waals surface area contributed by atoms with Crippen molar-refractivity contribution in [2.24, 2.45) is 16.7 Å². The Hall–Kier alpha value is -0.610. The summed E-state index contributed by atoms with van der Waals surface area (Å²) in [6.45, 7) is 5.31. The van der Waals surface area contributed by atoms with E-state index in [1.54, 1.807) is 5.01 Å². The normalized spacial score (nSPS) is 51.2. The summed E-state index contributed by atoms with van der Waals surface area (Å²) in [4.78, 5) is 12.5. The molecule has 1 N–H and O–H groups in total. The van der Waals surface area contributed by atoms with Crippen molar-refractivity contribution in [3.05, 3.63) is 0 Å². The van der Waals surface area contributed by atoms with Crippen LogP contribution in [0.3, 0.4) is 0 Å². The number of hydrazine groups is 1. The Balaban J connectivity index is 1.98. The van der Waals surface area contributed by atoms with E-state index >= 15 is 0 Å². The second-order valence-corrected chi connectivity index (χ2v) is 6.64. The van der Waals surface area contributed by atoms with E-state index in [0.717, 1.165) is 19.4 Å². The third-order valence-corrected chi connectivity index (χ3v) is 5.89. The highest BCUT2D eigenvalue weighted by atomic mass is 16.5. The molecule has 2 aliphatic carbocycles. The molecule has 3 rings (SSSR count). The van der Waals surface area contributed by atoms with E-state index in [2.05, 4.69) is 19.3 Å². The molecule has 4 atom stereocenters. The molecule has 1 amide bonds. The van der Waals surface area contributed by atoms with Gasteiger partial charge in [-0.2, -0.15) is 0 Å². The Morgan fingerprint density at radius 3 is 2.65 bits per heavy atom. The van der Waals surface area contributed by atoms with Crippen LogP contribution in [-0.2, 0) is 9.53 Å². The number of amides is 1. The van der Waals surface area contributed by atoms with Crippen LogP contribution in [0.5, 0.6) is 0 Å². The summed E-state index contributed by atoms with van der Waals surface area (Å²) in [5.74, 6) is 0.713. The van der Waals surface area contributed by atoms with Gasteiger partial charge in [0, 0.05) is 24.9 Å². The molecular formula is C13H22N2O2. The van der Waals surface area contributed by atoms with Crippen LogP contribution in [0, 0.1) is 16.7 Å². The number of rotatable bonds is 2. The molecular weight excluding hydrogens is 216 g/mol. The Kier molecular flexibility index (Phi) is 2.05. The van der Waals surface area contributed by atoms with Crippen LogP contribution in [0.1, 0.15) is 33.1 Å². The van der Waals surface area contributed by atoms with Gasteiger partial charge in [-0.25, -0.2) is 5.01 Å². The van der Waals surface area contributed by atoms with Crippen molar-refractivity contribution in [1.29, 1.82) is 0 Å². The number of hydrogen-bond acceptors (Lipinski definition) is 3. The van der Waals surface area contributed by atoms with Gasteiger partial charge in [0.2, 0.25) is 0 Å². The van der Waals surface area contributed by atoms with Gasteiger partial charge in [-0.15, -0.1) is 0 Å². The zero-order valence-electron chi connectivity index (χ0n) is 11.2. The summed E-state index contributed by atoms with van der Waals surface area (Å²) in [5.41, 5.74) is 2.55. The maximum absolute atomic E-state index is 12.5. The monoisotopic (exact) mass is 238 g/mol. The Morgan fingerprint density at radius 1 is 1.41 bits per heavy atom. The molecule has 1 saturated heterocycles. The smallest absolute Gasteiger partial charge is 0.267 e. The van der Waals surface area contributed by atoms with Crippen molar-refractivity contribution in [2.75, 3.05) is 20.7 Å². The minimum Gasteiger partial charge on any atom is -0.364 e. The predicted molar refractivity (Wildman–Crippen MR) is 64.1 cm³/mol. The van der Waals surface area contributed by atoms with Gasteiger partial charge in [0.15, 0.2) is 5.60 Å². The minimum atomic E-state index is -0.574. The maximum Gasteiger partial charge on any atom is 0.267 e. The van der Waals surface area contributed by atoms with Gasteiger partial charge in [-0.1, -0.05) is 13.8 Å². The van der Waals surface area contributed by atoms with Gasteiger partial charge in [0.25, 0.3) is 5.91 Å². The number of ether oxygens (including phenoxy) is 1. The van der Waals surface area contributed by atoms with Gasteiger partial charge in [-0.05, 0) is 25.2 Å². The lowest BCUT2D eigenvalue weighted by Gasteiger charge is -2.40. The van der Waals surface area contributed by atoms with E-state index in [4.69, 9.17) is 4.74 Å². The summed E-state index contributed by atoms with van der Waals surface area (Å²) in [6, 6.07) is 0. The summed E-state index contributed by atoms with van der Waals surface area (Å²) in [5, 5.41) is 1.71. The average molecular weight is 238 g/mol. The summed E-state index contributed by atoms with van der Waals surface area (Å²) < 4.78 is 6.00. The lowest BCUT2D eigenvalue weighted by molar-refractivity contribution is -0.159. The predicted octanol–water partition coefficient (Wildman–Crippen LogP) is 1.17. The van der Waals surface area contributed by atoms with Crippen LogP contribution >= 0.6 is 0 Å². The number of hydrogen-bond donors (Lipinski definition) is 1.